The van der Waals surface area contributed by atoms with Crippen LogP contribution in [0.3, 0.4) is 0 Å². The van der Waals surface area contributed by atoms with Crippen molar-refractivity contribution in [2.24, 2.45) is 0 Å². The molecular weight excluding hydrogens is 282 g/mol. The highest BCUT2D eigenvalue weighted by Gasteiger charge is 2.21. The van der Waals surface area contributed by atoms with Crippen molar-refractivity contribution in [3.05, 3.63) is 34.3 Å². The van der Waals surface area contributed by atoms with E-state index in [0.717, 1.165) is 17.0 Å². The highest BCUT2D eigenvalue weighted by molar-refractivity contribution is 9.10. The molecule has 1 aliphatic heterocycles. The molecule has 0 aliphatic carbocycles. The van der Waals surface area contributed by atoms with Crippen molar-refractivity contribution in [2.75, 3.05) is 13.1 Å². The van der Waals surface area contributed by atoms with Gasteiger partial charge in [-0.1, -0.05) is 41.9 Å². The Balaban J connectivity index is 1.98. The minimum Gasteiger partial charge on any atom is -0.297 e. The molecule has 0 aromatic heterocycles. The first kappa shape index (κ1) is 12.5. The van der Waals surface area contributed by atoms with Crippen LogP contribution in [-0.2, 0) is 6.54 Å². The Labute approximate surface area is 111 Å². The molecule has 2 atom stereocenters. The molecule has 16 heavy (non-hydrogen) atoms. The molecular formula is C13H18BrNS. The van der Waals surface area contributed by atoms with Crippen LogP contribution in [0.25, 0.3) is 0 Å². The minimum atomic E-state index is 0.760. The number of thioether (sulfide) groups is 1. The van der Waals surface area contributed by atoms with Crippen LogP contribution in [0.2, 0.25) is 0 Å². The number of nitrogens with zero attached hydrogens (tertiary/aromatic N) is 1. The third-order valence-corrected chi connectivity index (χ3v) is 4.51. The van der Waals surface area contributed by atoms with Gasteiger partial charge in [0.1, 0.15) is 0 Å². The van der Waals surface area contributed by atoms with E-state index in [-0.39, 0.29) is 0 Å². The molecule has 1 aromatic rings. The first-order valence-electron chi connectivity index (χ1n) is 5.76. The molecule has 3 heteroatoms. The van der Waals surface area contributed by atoms with E-state index in [1.807, 2.05) is 0 Å². The summed E-state index contributed by atoms with van der Waals surface area (Å²) in [5.74, 6) is 0. The van der Waals surface area contributed by atoms with E-state index in [9.17, 15) is 0 Å². The third kappa shape index (κ3) is 3.51. The molecule has 1 fully saturated rings. The lowest BCUT2D eigenvalue weighted by Crippen LogP contribution is -2.39. The molecule has 88 valence electrons. The highest BCUT2D eigenvalue weighted by Crippen LogP contribution is 2.26. The van der Waals surface area contributed by atoms with Crippen molar-refractivity contribution < 1.29 is 0 Å². The lowest BCUT2D eigenvalue weighted by atomic mass is 10.2. The van der Waals surface area contributed by atoms with Crippen LogP contribution in [0.1, 0.15) is 19.4 Å². The predicted octanol–water partition coefficient (Wildman–Crippen LogP) is 3.77. The highest BCUT2D eigenvalue weighted by atomic mass is 79.9. The summed E-state index contributed by atoms with van der Waals surface area (Å²) in [6, 6.07) is 8.63. The standard InChI is InChI=1S/C13H18BrNS/c1-10-7-15(8-11(2)16-10)9-12-4-3-5-13(14)6-12/h3-6,10-11H,7-9H2,1-2H3. The third-order valence-electron chi connectivity index (χ3n) is 2.79. The molecule has 2 unspecified atom stereocenters. The minimum absolute atomic E-state index is 0.760. The summed E-state index contributed by atoms with van der Waals surface area (Å²) in [5, 5.41) is 1.52. The smallest absolute Gasteiger partial charge is 0.0235 e. The fourth-order valence-corrected chi connectivity index (χ4v) is 4.14. The van der Waals surface area contributed by atoms with E-state index in [0.29, 0.717) is 0 Å². The second-order valence-corrected chi connectivity index (χ2v) is 7.38. The molecule has 0 saturated carbocycles. The van der Waals surface area contributed by atoms with E-state index in [4.69, 9.17) is 0 Å². The molecule has 1 heterocycles. The average molecular weight is 300 g/mol. The van der Waals surface area contributed by atoms with Crippen molar-refractivity contribution in [2.45, 2.75) is 30.9 Å². The Morgan fingerprint density at radius 3 is 2.62 bits per heavy atom. The van der Waals surface area contributed by atoms with Crippen LogP contribution in [-0.4, -0.2) is 28.5 Å². The Kier molecular flexibility index (Phi) is 4.34. The van der Waals surface area contributed by atoms with Gasteiger partial charge in [0.25, 0.3) is 0 Å². The quantitative estimate of drug-likeness (QED) is 0.818. The molecule has 0 amide bonds. The Morgan fingerprint density at radius 2 is 2.00 bits per heavy atom. The Bertz CT molecular complexity index is 346. The summed E-state index contributed by atoms with van der Waals surface area (Å²) < 4.78 is 1.18. The number of hydrogen-bond acceptors (Lipinski definition) is 2. The van der Waals surface area contributed by atoms with Gasteiger partial charge in [-0.15, -0.1) is 0 Å². The second-order valence-electron chi connectivity index (χ2n) is 4.58. The van der Waals surface area contributed by atoms with Crippen LogP contribution in [0.4, 0.5) is 0 Å². The number of halogens is 1. The fourth-order valence-electron chi connectivity index (χ4n) is 2.31. The van der Waals surface area contributed by atoms with Crippen LogP contribution in [0.15, 0.2) is 28.7 Å². The number of rotatable bonds is 2. The molecule has 0 N–H and O–H groups in total. The molecule has 0 radical (unpaired) electrons. The topological polar surface area (TPSA) is 3.24 Å². The van der Waals surface area contributed by atoms with Crippen LogP contribution >= 0.6 is 27.7 Å². The lowest BCUT2D eigenvalue weighted by Gasteiger charge is -2.34. The largest absolute Gasteiger partial charge is 0.297 e. The summed E-state index contributed by atoms with van der Waals surface area (Å²) >= 11 is 5.64. The van der Waals surface area contributed by atoms with Gasteiger partial charge in [-0.2, -0.15) is 11.8 Å². The van der Waals surface area contributed by atoms with Crippen LogP contribution in [0, 0.1) is 0 Å². The second kappa shape index (κ2) is 5.56. The first-order chi connectivity index (χ1) is 7.63. The number of benzene rings is 1. The van der Waals surface area contributed by atoms with E-state index in [1.54, 1.807) is 0 Å². The molecule has 2 rings (SSSR count). The van der Waals surface area contributed by atoms with Crippen LogP contribution in [0.5, 0.6) is 0 Å². The lowest BCUT2D eigenvalue weighted by molar-refractivity contribution is 0.263. The molecule has 1 aliphatic rings. The first-order valence-corrected chi connectivity index (χ1v) is 7.49. The maximum absolute atomic E-state index is 3.53. The van der Waals surface area contributed by atoms with Gasteiger partial charge in [-0.3, -0.25) is 4.90 Å². The molecule has 1 aromatic carbocycles. The maximum Gasteiger partial charge on any atom is 0.0235 e. The predicted molar refractivity (Wildman–Crippen MR) is 75.9 cm³/mol. The van der Waals surface area contributed by atoms with Gasteiger partial charge in [-0.05, 0) is 17.7 Å². The van der Waals surface area contributed by atoms with Crippen LogP contribution < -0.4 is 0 Å². The maximum atomic E-state index is 3.53. The average Bonchev–Trinajstić information content (AvgIpc) is 2.15. The summed E-state index contributed by atoms with van der Waals surface area (Å²) in [5.41, 5.74) is 1.40. The number of hydrogen-bond donors (Lipinski definition) is 0. The van der Waals surface area contributed by atoms with Gasteiger partial charge in [0, 0.05) is 34.6 Å². The monoisotopic (exact) mass is 299 g/mol. The van der Waals surface area contributed by atoms with Gasteiger partial charge < -0.3 is 0 Å². The molecule has 1 nitrogen and oxygen atoms in total. The summed E-state index contributed by atoms with van der Waals surface area (Å²) in [7, 11) is 0. The van der Waals surface area contributed by atoms with Gasteiger partial charge >= 0.3 is 0 Å². The summed E-state index contributed by atoms with van der Waals surface area (Å²) in [4.78, 5) is 2.56. The van der Waals surface area contributed by atoms with Crippen molar-refractivity contribution in [3.8, 4) is 0 Å². The molecule has 1 saturated heterocycles. The zero-order valence-electron chi connectivity index (χ0n) is 9.82. The summed E-state index contributed by atoms with van der Waals surface area (Å²) in [6.45, 7) is 8.15. The van der Waals surface area contributed by atoms with Crippen molar-refractivity contribution >= 4 is 27.7 Å². The van der Waals surface area contributed by atoms with Gasteiger partial charge in [-0.25, -0.2) is 0 Å². The molecule has 0 spiro atoms. The van der Waals surface area contributed by atoms with E-state index < -0.39 is 0 Å². The van der Waals surface area contributed by atoms with Gasteiger partial charge in [0.15, 0.2) is 0 Å². The van der Waals surface area contributed by atoms with E-state index in [1.165, 1.54) is 23.1 Å². The fraction of sp³-hybridized carbons (Fsp3) is 0.538. The van der Waals surface area contributed by atoms with Gasteiger partial charge in [0.05, 0.1) is 0 Å². The zero-order chi connectivity index (χ0) is 11.5. The normalized spacial score (nSPS) is 26.9. The van der Waals surface area contributed by atoms with Crippen molar-refractivity contribution in [1.82, 2.24) is 4.90 Å². The Hall–Kier alpha value is 0.01000. The van der Waals surface area contributed by atoms with E-state index >= 15 is 0 Å². The SMILES string of the molecule is CC1CN(Cc2cccc(Br)c2)CC(C)S1. The summed E-state index contributed by atoms with van der Waals surface area (Å²) in [6.07, 6.45) is 0. The van der Waals surface area contributed by atoms with Crippen molar-refractivity contribution in [1.29, 1.82) is 0 Å². The Morgan fingerprint density at radius 1 is 1.31 bits per heavy atom. The van der Waals surface area contributed by atoms with E-state index in [2.05, 4.69) is 70.7 Å². The van der Waals surface area contributed by atoms with Gasteiger partial charge in [0.2, 0.25) is 0 Å². The molecule has 0 bridgehead atoms. The van der Waals surface area contributed by atoms with Crippen molar-refractivity contribution in [3.63, 3.8) is 0 Å². The zero-order valence-corrected chi connectivity index (χ0v) is 12.2.